The molecular weight excluding hydrogens is 402 g/mol. The van der Waals surface area contributed by atoms with Gasteiger partial charge < -0.3 is 14.2 Å². The predicted octanol–water partition coefficient (Wildman–Crippen LogP) is 4.73. The number of aromatic nitrogens is 2. The van der Waals surface area contributed by atoms with Crippen molar-refractivity contribution in [1.29, 1.82) is 0 Å². The van der Waals surface area contributed by atoms with E-state index in [0.717, 1.165) is 0 Å². The Hall–Kier alpha value is -3.36. The van der Waals surface area contributed by atoms with Crippen LogP contribution < -0.4 is 4.90 Å². The predicted molar refractivity (Wildman–Crippen MR) is 114 cm³/mol. The van der Waals surface area contributed by atoms with Crippen LogP contribution >= 0.6 is 0 Å². The second-order valence-corrected chi connectivity index (χ2v) is 8.65. The Bertz CT molecular complexity index is 910. The first-order valence-electron chi connectivity index (χ1n) is 9.90. The molecular formula is C22H29N3O6. The molecule has 0 radical (unpaired) electrons. The largest absolute Gasteiger partial charge is 0.462 e. The summed E-state index contributed by atoms with van der Waals surface area (Å²) < 4.78 is 17.3. The molecule has 0 saturated heterocycles. The van der Waals surface area contributed by atoms with E-state index in [1.54, 1.807) is 78.8 Å². The van der Waals surface area contributed by atoms with Crippen LogP contribution in [0.4, 0.5) is 15.4 Å². The summed E-state index contributed by atoms with van der Waals surface area (Å²) in [5, 5.41) is 4.23. The molecule has 0 bridgehead atoms. The van der Waals surface area contributed by atoms with Gasteiger partial charge in [0.2, 0.25) is 0 Å². The molecule has 0 aliphatic rings. The van der Waals surface area contributed by atoms with Crippen LogP contribution in [0.15, 0.2) is 36.5 Å². The molecule has 0 unspecified atom stereocenters. The van der Waals surface area contributed by atoms with E-state index in [2.05, 4.69) is 5.10 Å². The second kappa shape index (κ2) is 9.20. The van der Waals surface area contributed by atoms with Crippen LogP contribution in [0.2, 0.25) is 0 Å². The van der Waals surface area contributed by atoms with Crippen molar-refractivity contribution in [2.45, 2.75) is 59.7 Å². The average Bonchev–Trinajstić information content (AvgIpc) is 3.04. The Morgan fingerprint density at radius 3 is 1.90 bits per heavy atom. The van der Waals surface area contributed by atoms with E-state index in [1.165, 1.54) is 10.9 Å². The molecule has 0 fully saturated rings. The third kappa shape index (κ3) is 6.31. The number of para-hydroxylation sites is 1. The highest BCUT2D eigenvalue weighted by atomic mass is 16.6. The van der Waals surface area contributed by atoms with E-state index in [9.17, 15) is 14.4 Å². The molecule has 9 nitrogen and oxygen atoms in total. The first kappa shape index (κ1) is 23.9. The normalized spacial score (nSPS) is 11.6. The van der Waals surface area contributed by atoms with E-state index in [0.29, 0.717) is 10.6 Å². The zero-order chi connectivity index (χ0) is 23.4. The molecule has 2 amide bonds. The molecule has 1 aromatic carbocycles. The molecule has 2 rings (SSSR count). The lowest BCUT2D eigenvalue weighted by Crippen LogP contribution is -2.45. The van der Waals surface area contributed by atoms with Crippen LogP contribution in [-0.4, -0.2) is 45.7 Å². The van der Waals surface area contributed by atoms with Gasteiger partial charge in [-0.15, -0.1) is 0 Å². The van der Waals surface area contributed by atoms with Gasteiger partial charge in [0.1, 0.15) is 16.8 Å². The third-order valence-corrected chi connectivity index (χ3v) is 3.60. The minimum absolute atomic E-state index is 0.0811. The van der Waals surface area contributed by atoms with Gasteiger partial charge in [-0.3, -0.25) is 0 Å². The summed E-state index contributed by atoms with van der Waals surface area (Å²) in [6.45, 7) is 11.7. The van der Waals surface area contributed by atoms with Crippen molar-refractivity contribution < 1.29 is 28.6 Å². The Morgan fingerprint density at radius 1 is 0.935 bits per heavy atom. The Balaban J connectivity index is 2.71. The molecule has 168 valence electrons. The number of carbonyl (C=O) groups is 3. The molecule has 0 aliphatic carbocycles. The van der Waals surface area contributed by atoms with Gasteiger partial charge >= 0.3 is 18.2 Å². The molecule has 9 heteroatoms. The highest BCUT2D eigenvalue weighted by molar-refractivity contribution is 6.12. The van der Waals surface area contributed by atoms with E-state index in [1.807, 2.05) is 0 Å². The number of amides is 2. The number of benzene rings is 1. The van der Waals surface area contributed by atoms with Gasteiger partial charge in [0.25, 0.3) is 0 Å². The molecule has 0 saturated carbocycles. The van der Waals surface area contributed by atoms with E-state index < -0.39 is 29.4 Å². The summed E-state index contributed by atoms with van der Waals surface area (Å²) in [5.41, 5.74) is -1.37. The van der Waals surface area contributed by atoms with Crippen molar-refractivity contribution in [3.8, 4) is 5.69 Å². The fourth-order valence-electron chi connectivity index (χ4n) is 2.53. The Labute approximate surface area is 181 Å². The van der Waals surface area contributed by atoms with Crippen LogP contribution in [0, 0.1) is 0 Å². The SMILES string of the molecule is CCOC(=O)c1cnn(-c2ccccc2)c1N(C(=O)OC(C)(C)C)C(=O)OC(C)(C)C. The molecule has 1 heterocycles. The van der Waals surface area contributed by atoms with Crippen LogP contribution in [0.3, 0.4) is 0 Å². The lowest BCUT2D eigenvalue weighted by Gasteiger charge is -2.29. The zero-order valence-electron chi connectivity index (χ0n) is 19.0. The number of imide groups is 1. The Morgan fingerprint density at radius 2 is 1.45 bits per heavy atom. The monoisotopic (exact) mass is 431 g/mol. The summed E-state index contributed by atoms with van der Waals surface area (Å²) >= 11 is 0. The number of hydrogen-bond donors (Lipinski definition) is 0. The molecule has 0 aliphatic heterocycles. The molecule has 0 spiro atoms. The van der Waals surface area contributed by atoms with Crippen LogP contribution in [0.1, 0.15) is 58.8 Å². The summed E-state index contributed by atoms with van der Waals surface area (Å²) in [7, 11) is 0. The first-order valence-corrected chi connectivity index (χ1v) is 9.90. The van der Waals surface area contributed by atoms with Crippen LogP contribution in [0.25, 0.3) is 5.69 Å². The lowest BCUT2D eigenvalue weighted by molar-refractivity contribution is 0.0427. The second-order valence-electron chi connectivity index (χ2n) is 8.65. The highest BCUT2D eigenvalue weighted by Crippen LogP contribution is 2.29. The standard InChI is InChI=1S/C22H29N3O6/c1-8-29-18(26)16-14-23-25(15-12-10-9-11-13-15)17(16)24(19(27)30-21(2,3)4)20(28)31-22(5,6)7/h9-14H,8H2,1-7H3. The van der Waals surface area contributed by atoms with Gasteiger partial charge in [-0.2, -0.15) is 10.00 Å². The van der Waals surface area contributed by atoms with E-state index >= 15 is 0 Å². The van der Waals surface area contributed by atoms with Crippen molar-refractivity contribution in [1.82, 2.24) is 9.78 Å². The third-order valence-electron chi connectivity index (χ3n) is 3.60. The molecule has 0 atom stereocenters. The van der Waals surface area contributed by atoms with Gasteiger partial charge in [0, 0.05) is 0 Å². The van der Waals surface area contributed by atoms with Crippen molar-refractivity contribution >= 4 is 24.0 Å². The maximum Gasteiger partial charge on any atom is 0.425 e. The van der Waals surface area contributed by atoms with Gasteiger partial charge in [-0.05, 0) is 60.6 Å². The molecule has 2 aromatic rings. The van der Waals surface area contributed by atoms with Crippen molar-refractivity contribution in [2.75, 3.05) is 11.5 Å². The molecule has 0 N–H and O–H groups in total. The van der Waals surface area contributed by atoms with Crippen LogP contribution in [0.5, 0.6) is 0 Å². The Kier molecular flexibility index (Phi) is 7.09. The molecule has 1 aromatic heterocycles. The number of carbonyl (C=O) groups excluding carboxylic acids is 3. The van der Waals surface area contributed by atoms with Gasteiger partial charge in [-0.1, -0.05) is 18.2 Å². The maximum absolute atomic E-state index is 13.1. The average molecular weight is 431 g/mol. The summed E-state index contributed by atoms with van der Waals surface area (Å²) in [5.74, 6) is -0.870. The highest BCUT2D eigenvalue weighted by Gasteiger charge is 2.38. The lowest BCUT2D eigenvalue weighted by atomic mass is 10.2. The van der Waals surface area contributed by atoms with Crippen molar-refractivity contribution in [2.24, 2.45) is 0 Å². The number of nitrogens with zero attached hydrogens (tertiary/aromatic N) is 3. The summed E-state index contributed by atoms with van der Waals surface area (Å²) in [4.78, 5) is 39.5. The van der Waals surface area contributed by atoms with E-state index in [4.69, 9.17) is 14.2 Å². The van der Waals surface area contributed by atoms with Gasteiger partial charge in [0.05, 0.1) is 18.5 Å². The number of hydrogen-bond acceptors (Lipinski definition) is 7. The number of rotatable bonds is 4. The van der Waals surface area contributed by atoms with Crippen LogP contribution in [-0.2, 0) is 14.2 Å². The van der Waals surface area contributed by atoms with Gasteiger partial charge in [0.15, 0.2) is 5.82 Å². The fourth-order valence-corrected chi connectivity index (χ4v) is 2.53. The van der Waals surface area contributed by atoms with Crippen molar-refractivity contribution in [3.05, 3.63) is 42.1 Å². The quantitative estimate of drug-likeness (QED) is 0.510. The smallest absolute Gasteiger partial charge is 0.425 e. The van der Waals surface area contributed by atoms with Gasteiger partial charge in [-0.25, -0.2) is 19.1 Å². The van der Waals surface area contributed by atoms with E-state index in [-0.39, 0.29) is 18.0 Å². The molecule has 31 heavy (non-hydrogen) atoms. The minimum Gasteiger partial charge on any atom is -0.462 e. The number of ether oxygens (including phenoxy) is 3. The summed E-state index contributed by atoms with van der Waals surface area (Å²) in [6.07, 6.45) is -0.780. The maximum atomic E-state index is 13.1. The fraction of sp³-hybridized carbons (Fsp3) is 0.455. The number of esters is 1. The first-order chi connectivity index (χ1) is 14.3. The summed E-state index contributed by atoms with van der Waals surface area (Å²) in [6, 6.07) is 8.76. The zero-order valence-corrected chi connectivity index (χ0v) is 19.0. The minimum atomic E-state index is -1.01. The van der Waals surface area contributed by atoms with Crippen molar-refractivity contribution in [3.63, 3.8) is 0 Å². The topological polar surface area (TPSA) is 100.0 Å². The number of anilines is 1.